The molecule has 0 bridgehead atoms. The number of hydrogen-bond acceptors (Lipinski definition) is 4. The smallest absolute Gasteiger partial charge is 0.308 e. The number of hydrogen-bond donors (Lipinski definition) is 3. The minimum Gasteiger partial charge on any atom is -0.506 e. The number of anilines is 1. The Bertz CT molecular complexity index is 909. The van der Waals surface area contributed by atoms with Crippen molar-refractivity contribution >= 4 is 34.2 Å². The molecule has 3 N–H and O–H groups in total. The Balaban J connectivity index is 1.94. The average Bonchev–Trinajstić information content (AvgIpc) is 2.68. The molecule has 0 spiro atoms. The molecule has 1 aliphatic heterocycles. The molecule has 2 aromatic carbocycles. The summed E-state index contributed by atoms with van der Waals surface area (Å²) in [5.41, 5.74) is 0.699. The van der Waals surface area contributed by atoms with Gasteiger partial charge in [0.25, 0.3) is 5.91 Å². The van der Waals surface area contributed by atoms with Crippen molar-refractivity contribution in [2.75, 3.05) is 18.4 Å². The van der Waals surface area contributed by atoms with E-state index in [0.717, 1.165) is 0 Å². The first-order valence-corrected chi connectivity index (χ1v) is 8.99. The van der Waals surface area contributed by atoms with Crippen molar-refractivity contribution in [3.8, 4) is 5.75 Å². The summed E-state index contributed by atoms with van der Waals surface area (Å²) in [6.07, 6.45) is 1.49. The molecule has 1 atom stereocenters. The number of fused-ring (bicyclic) bond motifs is 1. The van der Waals surface area contributed by atoms with Crippen LogP contribution in [0.2, 0.25) is 0 Å². The largest absolute Gasteiger partial charge is 0.506 e. The number of carbonyl (C=O) groups is 3. The number of nitrogens with one attached hydrogen (secondary N) is 1. The molecular formula is C20H22N2O5. The van der Waals surface area contributed by atoms with Crippen LogP contribution in [-0.4, -0.2) is 46.0 Å². The van der Waals surface area contributed by atoms with Crippen LogP contribution < -0.4 is 5.32 Å². The number of aromatic hydroxyl groups is 1. The molecule has 7 nitrogen and oxygen atoms in total. The number of carboxylic acids is 1. The molecule has 0 radical (unpaired) electrons. The van der Waals surface area contributed by atoms with E-state index in [4.69, 9.17) is 0 Å². The highest BCUT2D eigenvalue weighted by Crippen LogP contribution is 2.34. The number of piperidine rings is 1. The van der Waals surface area contributed by atoms with E-state index in [1.54, 1.807) is 31.2 Å². The molecule has 142 valence electrons. The first-order chi connectivity index (χ1) is 12.9. The molecule has 3 rings (SSSR count). The highest BCUT2D eigenvalue weighted by molar-refractivity contribution is 6.08. The van der Waals surface area contributed by atoms with Crippen molar-refractivity contribution in [1.29, 1.82) is 0 Å². The van der Waals surface area contributed by atoms with Gasteiger partial charge in [-0.15, -0.1) is 0 Å². The van der Waals surface area contributed by atoms with Crippen molar-refractivity contribution < 1.29 is 24.6 Å². The zero-order chi connectivity index (χ0) is 19.6. The van der Waals surface area contributed by atoms with Gasteiger partial charge in [0, 0.05) is 36.0 Å². The van der Waals surface area contributed by atoms with Crippen LogP contribution in [-0.2, 0) is 9.59 Å². The number of carboxylic acid groups (broad SMARTS) is 1. The molecule has 1 aliphatic rings. The van der Waals surface area contributed by atoms with Crippen molar-refractivity contribution in [1.82, 2.24) is 4.90 Å². The van der Waals surface area contributed by atoms with Crippen LogP contribution in [0, 0.1) is 5.92 Å². The fourth-order valence-corrected chi connectivity index (χ4v) is 3.40. The highest BCUT2D eigenvalue weighted by atomic mass is 16.4. The zero-order valence-corrected chi connectivity index (χ0v) is 15.1. The maximum atomic E-state index is 12.8. The molecule has 27 heavy (non-hydrogen) atoms. The fourth-order valence-electron chi connectivity index (χ4n) is 3.40. The van der Waals surface area contributed by atoms with E-state index in [1.807, 2.05) is 0 Å². The molecular weight excluding hydrogens is 348 g/mol. The van der Waals surface area contributed by atoms with Crippen LogP contribution in [0.25, 0.3) is 10.8 Å². The SMILES string of the molecule is CCC(=O)Nc1cccc2c(O)c(C(=O)N3CCCC(C(=O)O)C3)ccc12. The Morgan fingerprint density at radius 1 is 1.19 bits per heavy atom. The van der Waals surface area contributed by atoms with Crippen LogP contribution in [0.3, 0.4) is 0 Å². The van der Waals surface area contributed by atoms with E-state index >= 15 is 0 Å². The monoisotopic (exact) mass is 370 g/mol. The molecule has 1 saturated heterocycles. The predicted molar refractivity (Wildman–Crippen MR) is 101 cm³/mol. The second-order valence-corrected chi connectivity index (χ2v) is 6.69. The van der Waals surface area contributed by atoms with Crippen LogP contribution in [0.4, 0.5) is 5.69 Å². The lowest BCUT2D eigenvalue weighted by molar-refractivity contribution is -0.143. The summed E-state index contributed by atoms with van der Waals surface area (Å²) in [6.45, 7) is 2.35. The van der Waals surface area contributed by atoms with Crippen molar-refractivity contribution in [3.05, 3.63) is 35.9 Å². The molecule has 0 aliphatic carbocycles. The molecule has 1 unspecified atom stereocenters. The maximum Gasteiger partial charge on any atom is 0.308 e. The van der Waals surface area contributed by atoms with Crippen LogP contribution in [0.15, 0.2) is 30.3 Å². The Labute approximate surface area is 156 Å². The minimum atomic E-state index is -0.911. The van der Waals surface area contributed by atoms with E-state index in [1.165, 1.54) is 11.0 Å². The van der Waals surface area contributed by atoms with Gasteiger partial charge in [0.2, 0.25) is 5.91 Å². The summed E-state index contributed by atoms with van der Waals surface area (Å²) >= 11 is 0. The van der Waals surface area contributed by atoms with Gasteiger partial charge in [0.1, 0.15) is 5.75 Å². The lowest BCUT2D eigenvalue weighted by Gasteiger charge is -2.31. The van der Waals surface area contributed by atoms with Gasteiger partial charge in [-0.1, -0.05) is 25.1 Å². The summed E-state index contributed by atoms with van der Waals surface area (Å²) in [5, 5.41) is 23.7. The third-order valence-corrected chi connectivity index (χ3v) is 4.92. The number of benzene rings is 2. The number of aliphatic carboxylic acids is 1. The van der Waals surface area contributed by atoms with Crippen LogP contribution in [0.5, 0.6) is 5.75 Å². The van der Waals surface area contributed by atoms with Crippen molar-refractivity contribution in [3.63, 3.8) is 0 Å². The van der Waals surface area contributed by atoms with Gasteiger partial charge in [-0.05, 0) is 25.0 Å². The average molecular weight is 370 g/mol. The van der Waals surface area contributed by atoms with Crippen LogP contribution in [0.1, 0.15) is 36.5 Å². The maximum absolute atomic E-state index is 12.8. The molecule has 2 amide bonds. The molecule has 2 aromatic rings. The minimum absolute atomic E-state index is 0.132. The summed E-state index contributed by atoms with van der Waals surface area (Å²) < 4.78 is 0. The first-order valence-electron chi connectivity index (χ1n) is 8.99. The summed E-state index contributed by atoms with van der Waals surface area (Å²) in [5.74, 6) is -2.19. The normalized spacial score (nSPS) is 16.9. The van der Waals surface area contributed by atoms with Gasteiger partial charge < -0.3 is 20.4 Å². The first kappa shape index (κ1) is 18.7. The van der Waals surface area contributed by atoms with Gasteiger partial charge in [-0.2, -0.15) is 0 Å². The standard InChI is InChI=1S/C20H22N2O5/c1-2-17(23)21-16-7-3-6-14-13(16)8-9-15(18(14)24)19(25)22-10-4-5-12(11-22)20(26)27/h3,6-9,12,24H,2,4-5,10-11H2,1H3,(H,21,23)(H,26,27). The lowest BCUT2D eigenvalue weighted by Crippen LogP contribution is -2.42. The number of phenols is 1. The summed E-state index contributed by atoms with van der Waals surface area (Å²) in [4.78, 5) is 37.2. The molecule has 7 heteroatoms. The fraction of sp³-hybridized carbons (Fsp3) is 0.350. The number of amides is 2. The van der Waals surface area contributed by atoms with Crippen molar-refractivity contribution in [2.45, 2.75) is 26.2 Å². The van der Waals surface area contributed by atoms with Gasteiger partial charge in [0.05, 0.1) is 11.5 Å². The highest BCUT2D eigenvalue weighted by Gasteiger charge is 2.30. The van der Waals surface area contributed by atoms with Gasteiger partial charge in [0.15, 0.2) is 0 Å². The van der Waals surface area contributed by atoms with E-state index in [2.05, 4.69) is 5.32 Å². The zero-order valence-electron chi connectivity index (χ0n) is 15.1. The quantitative estimate of drug-likeness (QED) is 0.767. The molecule has 1 heterocycles. The summed E-state index contributed by atoms with van der Waals surface area (Å²) in [6, 6.07) is 8.32. The van der Waals surface area contributed by atoms with E-state index in [-0.39, 0.29) is 29.7 Å². The number of likely N-dealkylation sites (tertiary alicyclic amines) is 1. The number of phenolic OH excluding ortho intramolecular Hbond substituents is 1. The second-order valence-electron chi connectivity index (χ2n) is 6.69. The topological polar surface area (TPSA) is 107 Å². The molecule has 1 fully saturated rings. The second kappa shape index (κ2) is 7.65. The third-order valence-electron chi connectivity index (χ3n) is 4.92. The Kier molecular flexibility index (Phi) is 5.30. The van der Waals surface area contributed by atoms with Gasteiger partial charge in [-0.3, -0.25) is 14.4 Å². The number of nitrogens with zero attached hydrogens (tertiary/aromatic N) is 1. The Morgan fingerprint density at radius 3 is 2.67 bits per heavy atom. The van der Waals surface area contributed by atoms with E-state index < -0.39 is 11.9 Å². The van der Waals surface area contributed by atoms with Crippen LogP contribution >= 0.6 is 0 Å². The molecule has 0 aromatic heterocycles. The van der Waals surface area contributed by atoms with E-state index in [9.17, 15) is 24.6 Å². The summed E-state index contributed by atoms with van der Waals surface area (Å²) in [7, 11) is 0. The Hall–Kier alpha value is -3.09. The lowest BCUT2D eigenvalue weighted by atomic mass is 9.97. The third kappa shape index (κ3) is 3.72. The number of carbonyl (C=O) groups excluding carboxylic acids is 2. The van der Waals surface area contributed by atoms with Gasteiger partial charge in [-0.25, -0.2) is 0 Å². The van der Waals surface area contributed by atoms with E-state index in [0.29, 0.717) is 42.3 Å². The molecule has 0 saturated carbocycles. The van der Waals surface area contributed by atoms with Gasteiger partial charge >= 0.3 is 5.97 Å². The predicted octanol–water partition coefficient (Wildman–Crippen LogP) is 2.83. The van der Waals surface area contributed by atoms with Crippen molar-refractivity contribution in [2.24, 2.45) is 5.92 Å². The Morgan fingerprint density at radius 2 is 1.96 bits per heavy atom. The number of rotatable bonds is 4.